The standard InChI is InChI=1S/C11H18N2O4/c1-11(2,3)17-10(15)13-5-7-4-12-9(14)16-8(7)6-13/h7-8H,4-6H2,1-3H3,(H,12,14)/t7-,8-/m1/s1. The van der Waals surface area contributed by atoms with E-state index in [4.69, 9.17) is 9.47 Å². The van der Waals surface area contributed by atoms with Gasteiger partial charge in [-0.1, -0.05) is 0 Å². The highest BCUT2D eigenvalue weighted by Gasteiger charge is 2.41. The maximum atomic E-state index is 11.8. The molecule has 2 fully saturated rings. The van der Waals surface area contributed by atoms with Gasteiger partial charge in [0.15, 0.2) is 0 Å². The summed E-state index contributed by atoms with van der Waals surface area (Å²) >= 11 is 0. The average Bonchev–Trinajstić information content (AvgIpc) is 2.57. The molecule has 2 saturated heterocycles. The molecule has 2 atom stereocenters. The number of nitrogens with one attached hydrogen (secondary N) is 1. The molecule has 0 bridgehead atoms. The Morgan fingerprint density at radius 2 is 2.18 bits per heavy atom. The lowest BCUT2D eigenvalue weighted by atomic mass is 10.1. The minimum Gasteiger partial charge on any atom is -0.444 e. The van der Waals surface area contributed by atoms with Gasteiger partial charge >= 0.3 is 12.2 Å². The molecule has 2 rings (SSSR count). The van der Waals surface area contributed by atoms with Gasteiger partial charge in [0.2, 0.25) is 0 Å². The maximum absolute atomic E-state index is 11.8. The van der Waals surface area contributed by atoms with Gasteiger partial charge in [0.25, 0.3) is 0 Å². The second-order valence-electron chi connectivity index (χ2n) is 5.47. The molecule has 2 heterocycles. The number of carbonyl (C=O) groups excluding carboxylic acids is 2. The Kier molecular flexibility index (Phi) is 2.89. The van der Waals surface area contributed by atoms with Gasteiger partial charge in [-0.05, 0) is 20.8 Å². The van der Waals surface area contributed by atoms with Crippen LogP contribution in [0, 0.1) is 5.92 Å². The van der Waals surface area contributed by atoms with Gasteiger partial charge in [0.1, 0.15) is 11.7 Å². The fourth-order valence-corrected chi connectivity index (χ4v) is 2.04. The summed E-state index contributed by atoms with van der Waals surface area (Å²) < 4.78 is 10.4. The molecule has 1 N–H and O–H groups in total. The predicted molar refractivity (Wildman–Crippen MR) is 59.6 cm³/mol. The molecule has 0 radical (unpaired) electrons. The van der Waals surface area contributed by atoms with Crippen molar-refractivity contribution in [2.75, 3.05) is 19.6 Å². The van der Waals surface area contributed by atoms with E-state index < -0.39 is 11.7 Å². The summed E-state index contributed by atoms with van der Waals surface area (Å²) in [6.45, 7) is 7.04. The molecular weight excluding hydrogens is 224 g/mol. The Morgan fingerprint density at radius 1 is 1.47 bits per heavy atom. The molecule has 6 heteroatoms. The van der Waals surface area contributed by atoms with Crippen molar-refractivity contribution in [2.24, 2.45) is 5.92 Å². The van der Waals surface area contributed by atoms with Gasteiger partial charge in [-0.25, -0.2) is 9.59 Å². The lowest BCUT2D eigenvalue weighted by molar-refractivity contribution is 0.0255. The first-order valence-electron chi connectivity index (χ1n) is 5.77. The van der Waals surface area contributed by atoms with E-state index in [0.29, 0.717) is 19.6 Å². The van der Waals surface area contributed by atoms with Crippen LogP contribution in [0.15, 0.2) is 0 Å². The largest absolute Gasteiger partial charge is 0.444 e. The SMILES string of the molecule is CC(C)(C)OC(=O)N1C[C@H]2CNC(=O)O[C@@H]2C1. The summed E-state index contributed by atoms with van der Waals surface area (Å²) in [6.07, 6.45) is -0.948. The van der Waals surface area contributed by atoms with Crippen LogP contribution >= 0.6 is 0 Å². The second-order valence-corrected chi connectivity index (χ2v) is 5.47. The Morgan fingerprint density at radius 3 is 2.82 bits per heavy atom. The van der Waals surface area contributed by atoms with Crippen molar-refractivity contribution in [3.05, 3.63) is 0 Å². The zero-order valence-corrected chi connectivity index (χ0v) is 10.4. The van der Waals surface area contributed by atoms with Crippen LogP contribution in [0.4, 0.5) is 9.59 Å². The Balaban J connectivity index is 1.93. The summed E-state index contributed by atoms with van der Waals surface area (Å²) in [5.74, 6) is 0.167. The number of nitrogens with zero attached hydrogens (tertiary/aromatic N) is 1. The monoisotopic (exact) mass is 242 g/mol. The van der Waals surface area contributed by atoms with Gasteiger partial charge < -0.3 is 19.7 Å². The molecule has 2 aliphatic heterocycles. The molecule has 2 amide bonds. The summed E-state index contributed by atoms with van der Waals surface area (Å²) in [7, 11) is 0. The van der Waals surface area contributed by atoms with Crippen molar-refractivity contribution in [3.8, 4) is 0 Å². The van der Waals surface area contributed by atoms with Crippen molar-refractivity contribution in [1.82, 2.24) is 10.2 Å². The van der Waals surface area contributed by atoms with Crippen LogP contribution in [-0.4, -0.2) is 48.4 Å². The molecule has 0 saturated carbocycles. The average molecular weight is 242 g/mol. The first-order chi connectivity index (χ1) is 7.85. The van der Waals surface area contributed by atoms with E-state index in [0.717, 1.165) is 0 Å². The number of alkyl carbamates (subject to hydrolysis) is 1. The van der Waals surface area contributed by atoms with E-state index in [2.05, 4.69) is 5.32 Å². The number of likely N-dealkylation sites (tertiary alicyclic amines) is 1. The van der Waals surface area contributed by atoms with E-state index in [1.807, 2.05) is 20.8 Å². The zero-order chi connectivity index (χ0) is 12.6. The topological polar surface area (TPSA) is 67.9 Å². The van der Waals surface area contributed by atoms with Gasteiger partial charge in [-0.2, -0.15) is 0 Å². The highest BCUT2D eigenvalue weighted by molar-refractivity contribution is 5.70. The molecule has 96 valence electrons. The molecule has 0 aromatic heterocycles. The van der Waals surface area contributed by atoms with Crippen LogP contribution in [0.1, 0.15) is 20.8 Å². The molecule has 0 aromatic carbocycles. The number of hydrogen-bond acceptors (Lipinski definition) is 4. The molecule has 17 heavy (non-hydrogen) atoms. The lowest BCUT2D eigenvalue weighted by Gasteiger charge is -2.24. The molecule has 0 aliphatic carbocycles. The smallest absolute Gasteiger partial charge is 0.410 e. The normalized spacial score (nSPS) is 28.2. The zero-order valence-electron chi connectivity index (χ0n) is 10.4. The van der Waals surface area contributed by atoms with Crippen LogP contribution in [0.25, 0.3) is 0 Å². The van der Waals surface area contributed by atoms with Gasteiger partial charge in [-0.15, -0.1) is 0 Å². The molecule has 0 aromatic rings. The minimum atomic E-state index is -0.500. The third kappa shape index (κ3) is 2.81. The fraction of sp³-hybridized carbons (Fsp3) is 0.818. The van der Waals surface area contributed by atoms with E-state index in [1.54, 1.807) is 4.90 Å². The summed E-state index contributed by atoms with van der Waals surface area (Å²) in [4.78, 5) is 24.5. The number of rotatable bonds is 0. The van der Waals surface area contributed by atoms with Crippen LogP contribution in [0.5, 0.6) is 0 Å². The third-order valence-electron chi connectivity index (χ3n) is 2.80. The number of amides is 2. The van der Waals surface area contributed by atoms with Crippen LogP contribution < -0.4 is 5.32 Å². The molecule has 0 unspecified atom stereocenters. The van der Waals surface area contributed by atoms with Crippen molar-refractivity contribution in [2.45, 2.75) is 32.5 Å². The third-order valence-corrected chi connectivity index (χ3v) is 2.80. The fourth-order valence-electron chi connectivity index (χ4n) is 2.04. The quantitative estimate of drug-likeness (QED) is 0.687. The summed E-state index contributed by atoms with van der Waals surface area (Å²) in [5.41, 5.74) is -0.500. The van der Waals surface area contributed by atoms with Gasteiger partial charge in [0.05, 0.1) is 6.54 Å². The van der Waals surface area contributed by atoms with Crippen molar-refractivity contribution in [1.29, 1.82) is 0 Å². The molecule has 6 nitrogen and oxygen atoms in total. The highest BCUT2D eigenvalue weighted by atomic mass is 16.6. The van der Waals surface area contributed by atoms with E-state index in [9.17, 15) is 9.59 Å². The summed E-state index contributed by atoms with van der Waals surface area (Å²) in [5, 5.41) is 2.62. The van der Waals surface area contributed by atoms with E-state index in [-0.39, 0.29) is 18.1 Å². The van der Waals surface area contributed by atoms with Crippen molar-refractivity contribution in [3.63, 3.8) is 0 Å². The number of fused-ring (bicyclic) bond motifs is 1. The minimum absolute atomic E-state index is 0.167. The van der Waals surface area contributed by atoms with Crippen LogP contribution in [-0.2, 0) is 9.47 Å². The first-order valence-corrected chi connectivity index (χ1v) is 5.77. The molecule has 0 spiro atoms. The van der Waals surface area contributed by atoms with Crippen molar-refractivity contribution >= 4 is 12.2 Å². The van der Waals surface area contributed by atoms with Gasteiger partial charge in [-0.3, -0.25) is 0 Å². The first kappa shape index (κ1) is 12.0. The molecular formula is C11H18N2O4. The Hall–Kier alpha value is -1.46. The maximum Gasteiger partial charge on any atom is 0.410 e. The second kappa shape index (κ2) is 4.09. The van der Waals surface area contributed by atoms with Crippen LogP contribution in [0.2, 0.25) is 0 Å². The lowest BCUT2D eigenvalue weighted by Crippen LogP contribution is -2.44. The van der Waals surface area contributed by atoms with E-state index in [1.165, 1.54) is 0 Å². The summed E-state index contributed by atoms with van der Waals surface area (Å²) in [6, 6.07) is 0. The Labute approximate surface area is 100 Å². The predicted octanol–water partition coefficient (Wildman–Crippen LogP) is 0.962. The number of hydrogen-bond donors (Lipinski definition) is 1. The van der Waals surface area contributed by atoms with E-state index >= 15 is 0 Å². The number of carbonyl (C=O) groups is 2. The number of ether oxygens (including phenoxy) is 2. The van der Waals surface area contributed by atoms with Gasteiger partial charge in [0, 0.05) is 19.0 Å². The Bertz CT molecular complexity index is 337. The highest BCUT2D eigenvalue weighted by Crippen LogP contribution is 2.24. The molecule has 2 aliphatic rings. The van der Waals surface area contributed by atoms with Crippen molar-refractivity contribution < 1.29 is 19.1 Å². The van der Waals surface area contributed by atoms with Crippen LogP contribution in [0.3, 0.4) is 0 Å².